The van der Waals surface area contributed by atoms with Crippen molar-refractivity contribution in [2.75, 3.05) is 11.4 Å². The van der Waals surface area contributed by atoms with Crippen LogP contribution in [-0.4, -0.2) is 17.5 Å². The van der Waals surface area contributed by atoms with Crippen molar-refractivity contribution in [3.63, 3.8) is 0 Å². The highest BCUT2D eigenvalue weighted by molar-refractivity contribution is 5.60. The zero-order chi connectivity index (χ0) is 13.7. The van der Waals surface area contributed by atoms with Gasteiger partial charge in [-0.05, 0) is 26.0 Å². The average molecular weight is 245 g/mol. The highest BCUT2D eigenvalue weighted by Crippen LogP contribution is 2.26. The van der Waals surface area contributed by atoms with Crippen LogP contribution in [0.1, 0.15) is 19.4 Å². The summed E-state index contributed by atoms with van der Waals surface area (Å²) in [5.74, 6) is 0. The van der Waals surface area contributed by atoms with E-state index in [1.54, 1.807) is 12.1 Å². The largest absolute Gasteiger partial charge is 0.365 e. The van der Waals surface area contributed by atoms with E-state index in [4.69, 9.17) is 5.26 Å². The van der Waals surface area contributed by atoms with Crippen LogP contribution in [0.15, 0.2) is 30.9 Å². The van der Waals surface area contributed by atoms with E-state index in [1.807, 2.05) is 24.8 Å². The number of nitriles is 1. The van der Waals surface area contributed by atoms with Crippen molar-refractivity contribution < 1.29 is 4.92 Å². The van der Waals surface area contributed by atoms with Gasteiger partial charge < -0.3 is 4.90 Å². The van der Waals surface area contributed by atoms with E-state index < -0.39 is 4.92 Å². The Morgan fingerprint density at radius 3 is 2.72 bits per heavy atom. The molecule has 0 aliphatic rings. The minimum atomic E-state index is -0.533. The number of benzene rings is 1. The van der Waals surface area contributed by atoms with Crippen LogP contribution < -0.4 is 4.90 Å². The van der Waals surface area contributed by atoms with E-state index >= 15 is 0 Å². The van der Waals surface area contributed by atoms with Crippen molar-refractivity contribution in [1.29, 1.82) is 5.26 Å². The summed E-state index contributed by atoms with van der Waals surface area (Å²) in [7, 11) is 0. The predicted molar refractivity (Wildman–Crippen MR) is 70.5 cm³/mol. The Balaban J connectivity index is 3.26. The SMILES string of the molecule is C=CCN(c1ccc(C#N)c([N+](=O)[O-])c1)C(C)C. The molecule has 0 saturated carbocycles. The fraction of sp³-hybridized carbons (Fsp3) is 0.308. The third kappa shape index (κ3) is 2.86. The smallest absolute Gasteiger partial charge is 0.289 e. The number of anilines is 1. The summed E-state index contributed by atoms with van der Waals surface area (Å²) in [4.78, 5) is 12.3. The van der Waals surface area contributed by atoms with Crippen molar-refractivity contribution in [3.8, 4) is 6.07 Å². The molecule has 18 heavy (non-hydrogen) atoms. The second-order valence-corrected chi connectivity index (χ2v) is 4.11. The van der Waals surface area contributed by atoms with Gasteiger partial charge in [0.05, 0.1) is 4.92 Å². The van der Waals surface area contributed by atoms with Crippen molar-refractivity contribution >= 4 is 11.4 Å². The zero-order valence-electron chi connectivity index (χ0n) is 10.5. The molecule has 5 nitrogen and oxygen atoms in total. The first-order chi connectivity index (χ1) is 8.51. The number of hydrogen-bond donors (Lipinski definition) is 0. The maximum Gasteiger partial charge on any atom is 0.289 e. The number of rotatable bonds is 5. The Labute approximate surface area is 106 Å². The molecule has 0 fully saturated rings. The van der Waals surface area contributed by atoms with Gasteiger partial charge in [-0.15, -0.1) is 6.58 Å². The minimum Gasteiger partial charge on any atom is -0.365 e. The van der Waals surface area contributed by atoms with Crippen LogP contribution in [-0.2, 0) is 0 Å². The Kier molecular flexibility index (Phi) is 4.44. The molecule has 0 spiro atoms. The van der Waals surface area contributed by atoms with Gasteiger partial charge in [-0.3, -0.25) is 10.1 Å². The first kappa shape index (κ1) is 13.7. The zero-order valence-corrected chi connectivity index (χ0v) is 10.5. The van der Waals surface area contributed by atoms with Crippen molar-refractivity contribution in [2.45, 2.75) is 19.9 Å². The van der Waals surface area contributed by atoms with E-state index in [2.05, 4.69) is 6.58 Å². The summed E-state index contributed by atoms with van der Waals surface area (Å²) < 4.78 is 0. The lowest BCUT2D eigenvalue weighted by Crippen LogP contribution is -2.30. The van der Waals surface area contributed by atoms with Gasteiger partial charge in [0, 0.05) is 24.3 Å². The van der Waals surface area contributed by atoms with Crippen LogP contribution in [0.25, 0.3) is 0 Å². The third-order valence-electron chi connectivity index (χ3n) is 2.58. The topological polar surface area (TPSA) is 70.2 Å². The first-order valence-corrected chi connectivity index (χ1v) is 5.57. The lowest BCUT2D eigenvalue weighted by atomic mass is 10.1. The maximum absolute atomic E-state index is 10.9. The molecule has 94 valence electrons. The lowest BCUT2D eigenvalue weighted by Gasteiger charge is -2.27. The molecule has 0 aromatic heterocycles. The van der Waals surface area contributed by atoms with Gasteiger partial charge in [-0.1, -0.05) is 6.08 Å². The molecule has 0 N–H and O–H groups in total. The molecule has 1 aromatic carbocycles. The molecule has 0 unspecified atom stereocenters. The van der Waals surface area contributed by atoms with E-state index in [9.17, 15) is 10.1 Å². The second kappa shape index (κ2) is 5.82. The van der Waals surface area contributed by atoms with Crippen LogP contribution >= 0.6 is 0 Å². The van der Waals surface area contributed by atoms with Crippen molar-refractivity contribution in [1.82, 2.24) is 0 Å². The van der Waals surface area contributed by atoms with Crippen LogP contribution in [0, 0.1) is 21.4 Å². The molecule has 0 amide bonds. The Morgan fingerprint density at radius 2 is 2.28 bits per heavy atom. The Bertz CT molecular complexity index is 503. The van der Waals surface area contributed by atoms with E-state index in [0.717, 1.165) is 5.69 Å². The lowest BCUT2D eigenvalue weighted by molar-refractivity contribution is -0.385. The molecule has 0 saturated heterocycles. The number of nitro groups is 1. The van der Waals surface area contributed by atoms with Gasteiger partial charge in [0.2, 0.25) is 0 Å². The van der Waals surface area contributed by atoms with Crippen molar-refractivity contribution in [2.24, 2.45) is 0 Å². The monoisotopic (exact) mass is 245 g/mol. The summed E-state index contributed by atoms with van der Waals surface area (Å²) in [6.45, 7) is 8.26. The molecule has 0 bridgehead atoms. The van der Waals surface area contributed by atoms with Crippen LogP contribution in [0.2, 0.25) is 0 Å². The Morgan fingerprint density at radius 1 is 1.61 bits per heavy atom. The standard InChI is InChI=1S/C13H15N3O2/c1-4-7-15(10(2)3)12-6-5-11(9-14)13(8-12)16(17)18/h4-6,8,10H,1,7H2,2-3H3. The van der Waals surface area contributed by atoms with E-state index in [-0.39, 0.29) is 17.3 Å². The summed E-state index contributed by atoms with van der Waals surface area (Å²) in [5, 5.41) is 19.7. The van der Waals surface area contributed by atoms with Crippen molar-refractivity contribution in [3.05, 3.63) is 46.5 Å². The molecular formula is C13H15N3O2. The molecule has 0 heterocycles. The first-order valence-electron chi connectivity index (χ1n) is 5.57. The molecule has 1 aromatic rings. The van der Waals surface area contributed by atoms with E-state index in [1.165, 1.54) is 12.1 Å². The fourth-order valence-electron chi connectivity index (χ4n) is 1.70. The summed E-state index contributed by atoms with van der Waals surface area (Å²) in [6, 6.07) is 6.64. The van der Waals surface area contributed by atoms with Crippen LogP contribution in [0.5, 0.6) is 0 Å². The average Bonchev–Trinajstić information content (AvgIpc) is 2.34. The van der Waals surface area contributed by atoms with Gasteiger partial charge in [0.15, 0.2) is 0 Å². The molecule has 0 atom stereocenters. The third-order valence-corrected chi connectivity index (χ3v) is 2.58. The highest BCUT2D eigenvalue weighted by Gasteiger charge is 2.17. The summed E-state index contributed by atoms with van der Waals surface area (Å²) in [6.07, 6.45) is 1.74. The number of hydrogen-bond acceptors (Lipinski definition) is 4. The second-order valence-electron chi connectivity index (χ2n) is 4.11. The quantitative estimate of drug-likeness (QED) is 0.454. The maximum atomic E-state index is 10.9. The van der Waals surface area contributed by atoms with Gasteiger partial charge >= 0.3 is 0 Å². The van der Waals surface area contributed by atoms with Crippen LogP contribution in [0.3, 0.4) is 0 Å². The predicted octanol–water partition coefficient (Wildman–Crippen LogP) is 2.87. The van der Waals surface area contributed by atoms with Gasteiger partial charge in [-0.25, -0.2) is 0 Å². The molecule has 0 aliphatic heterocycles. The molecular weight excluding hydrogens is 230 g/mol. The number of nitro benzene ring substituents is 1. The van der Waals surface area contributed by atoms with Gasteiger partial charge in [-0.2, -0.15) is 5.26 Å². The summed E-state index contributed by atoms with van der Waals surface area (Å²) >= 11 is 0. The minimum absolute atomic E-state index is 0.0751. The molecule has 0 radical (unpaired) electrons. The van der Waals surface area contributed by atoms with Crippen LogP contribution in [0.4, 0.5) is 11.4 Å². The normalized spacial score (nSPS) is 9.89. The highest BCUT2D eigenvalue weighted by atomic mass is 16.6. The fourth-order valence-corrected chi connectivity index (χ4v) is 1.70. The molecule has 0 aliphatic carbocycles. The summed E-state index contributed by atoms with van der Waals surface area (Å²) in [5.41, 5.74) is 0.631. The molecule has 1 rings (SSSR count). The van der Waals surface area contributed by atoms with Gasteiger partial charge in [0.1, 0.15) is 11.6 Å². The Hall–Kier alpha value is -2.35. The van der Waals surface area contributed by atoms with Gasteiger partial charge in [0.25, 0.3) is 5.69 Å². The molecule has 5 heteroatoms. The number of nitrogens with zero attached hydrogens (tertiary/aromatic N) is 3. The van der Waals surface area contributed by atoms with E-state index in [0.29, 0.717) is 6.54 Å².